The van der Waals surface area contributed by atoms with Crippen molar-refractivity contribution in [2.75, 3.05) is 27.3 Å². The molecule has 0 aromatic heterocycles. The smallest absolute Gasteiger partial charge is 0.258 e. The van der Waals surface area contributed by atoms with E-state index in [1.54, 1.807) is 14.2 Å². The van der Waals surface area contributed by atoms with Gasteiger partial charge < -0.3 is 25.4 Å². The summed E-state index contributed by atoms with van der Waals surface area (Å²) < 4.78 is 10.7. The lowest BCUT2D eigenvalue weighted by molar-refractivity contribution is -0.123. The summed E-state index contributed by atoms with van der Waals surface area (Å²) in [4.78, 5) is 15.9. The first-order valence-corrected chi connectivity index (χ1v) is 10.2. The van der Waals surface area contributed by atoms with Crippen molar-refractivity contribution in [3.05, 3.63) is 59.7 Å². The molecule has 0 radical (unpaired) electrons. The van der Waals surface area contributed by atoms with Crippen LogP contribution in [-0.2, 0) is 17.8 Å². The van der Waals surface area contributed by atoms with E-state index in [9.17, 15) is 4.79 Å². The van der Waals surface area contributed by atoms with Gasteiger partial charge in [-0.05, 0) is 54.7 Å². The number of rotatable bonds is 10. The third kappa shape index (κ3) is 9.04. The van der Waals surface area contributed by atoms with E-state index < -0.39 is 0 Å². The molecule has 0 atom stereocenters. The van der Waals surface area contributed by atoms with Gasteiger partial charge in [0.05, 0.1) is 7.11 Å². The first-order chi connectivity index (χ1) is 14.7. The zero-order chi connectivity index (χ0) is 21.2. The predicted octanol–water partition coefficient (Wildman–Crippen LogP) is 2.88. The molecule has 2 aromatic carbocycles. The minimum atomic E-state index is -0.0562. The fourth-order valence-corrected chi connectivity index (χ4v) is 2.87. The number of nitrogens with one attached hydrogen (secondary N) is 3. The van der Waals surface area contributed by atoms with Gasteiger partial charge in [0.1, 0.15) is 11.5 Å². The monoisotopic (exact) mass is 538 g/mol. The Morgan fingerprint density at radius 3 is 2.26 bits per heavy atom. The van der Waals surface area contributed by atoms with E-state index in [0.29, 0.717) is 18.3 Å². The van der Waals surface area contributed by atoms with Gasteiger partial charge in [-0.1, -0.05) is 24.3 Å². The topological polar surface area (TPSA) is 84.0 Å². The second kappa shape index (κ2) is 13.0. The molecule has 7 nitrogen and oxygen atoms in total. The summed E-state index contributed by atoms with van der Waals surface area (Å²) in [7, 11) is 3.42. The summed E-state index contributed by atoms with van der Waals surface area (Å²) >= 11 is 0. The Morgan fingerprint density at radius 2 is 1.65 bits per heavy atom. The summed E-state index contributed by atoms with van der Waals surface area (Å²) in [6.07, 6.45) is 3.01. The molecule has 0 heterocycles. The van der Waals surface area contributed by atoms with Crippen LogP contribution in [0.25, 0.3) is 0 Å². The molecular formula is C23H31IN4O3. The molecule has 0 spiro atoms. The van der Waals surface area contributed by atoms with Gasteiger partial charge in [-0.25, -0.2) is 0 Å². The van der Waals surface area contributed by atoms with Gasteiger partial charge >= 0.3 is 0 Å². The Morgan fingerprint density at radius 1 is 1.00 bits per heavy atom. The highest BCUT2D eigenvalue weighted by Crippen LogP contribution is 2.18. The summed E-state index contributed by atoms with van der Waals surface area (Å²) in [5.41, 5.74) is 2.34. The van der Waals surface area contributed by atoms with Gasteiger partial charge in [-0.15, -0.1) is 24.0 Å². The lowest BCUT2D eigenvalue weighted by atomic mass is 10.1. The summed E-state index contributed by atoms with van der Waals surface area (Å²) in [5, 5.41) is 9.53. The lowest BCUT2D eigenvalue weighted by Crippen LogP contribution is -2.37. The molecule has 1 aliphatic carbocycles. The molecule has 1 fully saturated rings. The van der Waals surface area contributed by atoms with Crippen molar-refractivity contribution in [3.63, 3.8) is 0 Å². The molecular weight excluding hydrogens is 507 g/mol. The van der Waals surface area contributed by atoms with Gasteiger partial charge in [0.25, 0.3) is 5.91 Å². The Balaban J connectivity index is 0.00000341. The van der Waals surface area contributed by atoms with Crippen LogP contribution < -0.4 is 25.4 Å². The van der Waals surface area contributed by atoms with Crippen LogP contribution in [0.3, 0.4) is 0 Å². The summed E-state index contributed by atoms with van der Waals surface area (Å²) in [5.74, 6) is 2.25. The second-order valence-corrected chi connectivity index (χ2v) is 7.23. The molecule has 0 bridgehead atoms. The molecule has 1 aliphatic rings. The summed E-state index contributed by atoms with van der Waals surface area (Å²) in [6, 6.07) is 16.1. The fraction of sp³-hybridized carbons (Fsp3) is 0.391. The van der Waals surface area contributed by atoms with Crippen LogP contribution in [0.2, 0.25) is 0 Å². The SMILES string of the molecule is CN=C(NCCc1ccc(OCC(=O)NC2CC2)cc1)NCc1ccc(OC)cc1.I. The molecule has 168 valence electrons. The van der Waals surface area contributed by atoms with Crippen molar-refractivity contribution in [1.82, 2.24) is 16.0 Å². The Kier molecular flexibility index (Phi) is 10.4. The number of carbonyl (C=O) groups excluding carboxylic acids is 1. The molecule has 2 aromatic rings. The molecule has 0 unspecified atom stereocenters. The number of guanidine groups is 1. The van der Waals surface area contributed by atoms with Crippen molar-refractivity contribution in [3.8, 4) is 11.5 Å². The number of carbonyl (C=O) groups is 1. The minimum Gasteiger partial charge on any atom is -0.497 e. The van der Waals surface area contributed by atoms with E-state index >= 15 is 0 Å². The molecule has 8 heteroatoms. The van der Waals surface area contributed by atoms with Crippen LogP contribution in [0.4, 0.5) is 0 Å². The van der Waals surface area contributed by atoms with E-state index in [0.717, 1.165) is 43.1 Å². The zero-order valence-electron chi connectivity index (χ0n) is 18.0. The van der Waals surface area contributed by atoms with Crippen LogP contribution in [0, 0.1) is 0 Å². The molecule has 3 rings (SSSR count). The van der Waals surface area contributed by atoms with E-state index in [1.165, 1.54) is 5.56 Å². The number of halogens is 1. The molecule has 1 amide bonds. The number of nitrogens with zero attached hydrogens (tertiary/aromatic N) is 1. The predicted molar refractivity (Wildman–Crippen MR) is 133 cm³/mol. The first-order valence-electron chi connectivity index (χ1n) is 10.2. The van der Waals surface area contributed by atoms with E-state index in [2.05, 4.69) is 20.9 Å². The minimum absolute atomic E-state index is 0. The van der Waals surface area contributed by atoms with E-state index in [-0.39, 0.29) is 36.5 Å². The highest BCUT2D eigenvalue weighted by Gasteiger charge is 2.23. The normalized spacial score (nSPS) is 13.0. The lowest BCUT2D eigenvalue weighted by Gasteiger charge is -2.12. The van der Waals surface area contributed by atoms with Crippen LogP contribution in [0.15, 0.2) is 53.5 Å². The third-order valence-corrected chi connectivity index (χ3v) is 4.78. The fourth-order valence-electron chi connectivity index (χ4n) is 2.87. The largest absolute Gasteiger partial charge is 0.497 e. The number of amides is 1. The Hall–Kier alpha value is -2.49. The van der Waals surface area contributed by atoms with Gasteiger partial charge in [0.2, 0.25) is 0 Å². The van der Waals surface area contributed by atoms with Crippen LogP contribution in [0.1, 0.15) is 24.0 Å². The van der Waals surface area contributed by atoms with Crippen LogP contribution in [0.5, 0.6) is 11.5 Å². The molecule has 1 saturated carbocycles. The maximum Gasteiger partial charge on any atom is 0.258 e. The molecule has 0 saturated heterocycles. The van der Waals surface area contributed by atoms with Crippen molar-refractivity contribution in [2.24, 2.45) is 4.99 Å². The highest BCUT2D eigenvalue weighted by atomic mass is 127. The van der Waals surface area contributed by atoms with Gasteiger partial charge in [-0.2, -0.15) is 0 Å². The second-order valence-electron chi connectivity index (χ2n) is 7.23. The Labute approximate surface area is 201 Å². The molecule has 0 aliphatic heterocycles. The zero-order valence-corrected chi connectivity index (χ0v) is 20.3. The maximum absolute atomic E-state index is 11.7. The van der Waals surface area contributed by atoms with Crippen molar-refractivity contribution in [1.29, 1.82) is 0 Å². The number of aliphatic imine (C=N–C) groups is 1. The van der Waals surface area contributed by atoms with Crippen LogP contribution in [-0.4, -0.2) is 45.2 Å². The van der Waals surface area contributed by atoms with Gasteiger partial charge in [0, 0.05) is 26.2 Å². The molecule has 31 heavy (non-hydrogen) atoms. The van der Waals surface area contributed by atoms with E-state index in [4.69, 9.17) is 9.47 Å². The third-order valence-electron chi connectivity index (χ3n) is 4.78. The Bertz CT molecular complexity index is 837. The van der Waals surface area contributed by atoms with Crippen molar-refractivity contribution >= 4 is 35.8 Å². The molecule has 3 N–H and O–H groups in total. The van der Waals surface area contributed by atoms with Crippen molar-refractivity contribution < 1.29 is 14.3 Å². The number of methoxy groups -OCH3 is 1. The average Bonchev–Trinajstić information content (AvgIpc) is 3.60. The van der Waals surface area contributed by atoms with Crippen molar-refractivity contribution in [2.45, 2.75) is 31.8 Å². The number of benzene rings is 2. The maximum atomic E-state index is 11.7. The quantitative estimate of drug-likeness (QED) is 0.246. The number of hydrogen-bond acceptors (Lipinski definition) is 4. The highest BCUT2D eigenvalue weighted by molar-refractivity contribution is 14.0. The first kappa shape index (κ1) is 24.8. The number of ether oxygens (including phenoxy) is 2. The van der Waals surface area contributed by atoms with Gasteiger partial charge in [0.15, 0.2) is 12.6 Å². The van der Waals surface area contributed by atoms with Crippen LogP contribution >= 0.6 is 24.0 Å². The van der Waals surface area contributed by atoms with Gasteiger partial charge in [-0.3, -0.25) is 9.79 Å². The number of hydrogen-bond donors (Lipinski definition) is 3. The van der Waals surface area contributed by atoms with E-state index in [1.807, 2.05) is 48.5 Å². The standard InChI is InChI=1S/C23H30N4O3.HI/c1-24-23(26-15-18-5-9-20(29-2)10-6-18)25-14-13-17-3-11-21(12-4-17)30-16-22(28)27-19-7-8-19;/h3-6,9-12,19H,7-8,13-16H2,1-2H3,(H,27,28)(H2,24,25,26);1H. The summed E-state index contributed by atoms with van der Waals surface area (Å²) in [6.45, 7) is 1.50. The average molecular weight is 538 g/mol.